The smallest absolute Gasteiger partial charge is 0.246 e. The first-order valence-corrected chi connectivity index (χ1v) is 3.29. The molecule has 0 saturated carbocycles. The number of alkyl halides is 1. The molecule has 1 aliphatic rings. The molecule has 2 nitrogen and oxygen atoms in total. The molecule has 1 rings (SSSR count). The summed E-state index contributed by atoms with van der Waals surface area (Å²) in [4.78, 5) is 12.3. The first-order valence-electron chi connectivity index (χ1n) is 3.29. The van der Waals surface area contributed by atoms with Crippen LogP contribution in [-0.4, -0.2) is 30.1 Å². The van der Waals surface area contributed by atoms with E-state index in [9.17, 15) is 9.18 Å². The largest absolute Gasteiger partial charge is 0.333 e. The second kappa shape index (κ2) is 2.82. The highest BCUT2D eigenvalue weighted by atomic mass is 19.1. The number of nitrogens with zero attached hydrogens (tertiary/aromatic N) is 1. The van der Waals surface area contributed by atoms with E-state index in [1.807, 2.05) is 0 Å². The standard InChI is InChI=1S/C7H10FNO/c1-2-3-7(10)9-4-6(8)5-9/h2-3,6H,4-5H2,1H3. The lowest BCUT2D eigenvalue weighted by Crippen LogP contribution is -2.50. The summed E-state index contributed by atoms with van der Waals surface area (Å²) in [5, 5.41) is 0. The van der Waals surface area contributed by atoms with Gasteiger partial charge in [-0.15, -0.1) is 0 Å². The number of amides is 1. The SMILES string of the molecule is CC=CC(=O)N1CC(F)C1. The minimum atomic E-state index is -0.797. The van der Waals surface area contributed by atoms with Crippen LogP contribution < -0.4 is 0 Å². The van der Waals surface area contributed by atoms with Crippen LogP contribution in [0.5, 0.6) is 0 Å². The molecule has 0 bridgehead atoms. The molecule has 0 N–H and O–H groups in total. The van der Waals surface area contributed by atoms with Crippen molar-refractivity contribution < 1.29 is 9.18 Å². The molecule has 1 heterocycles. The van der Waals surface area contributed by atoms with Crippen molar-refractivity contribution in [3.8, 4) is 0 Å². The number of hydrogen-bond acceptors (Lipinski definition) is 1. The fourth-order valence-electron chi connectivity index (χ4n) is 0.853. The van der Waals surface area contributed by atoms with Crippen molar-refractivity contribution in [1.29, 1.82) is 0 Å². The average molecular weight is 143 g/mol. The fraction of sp³-hybridized carbons (Fsp3) is 0.571. The molecule has 1 saturated heterocycles. The number of halogens is 1. The first kappa shape index (κ1) is 7.25. The number of likely N-dealkylation sites (tertiary alicyclic amines) is 1. The molecular formula is C7H10FNO. The summed E-state index contributed by atoms with van der Waals surface area (Å²) in [7, 11) is 0. The van der Waals surface area contributed by atoms with Crippen LogP contribution in [0.15, 0.2) is 12.2 Å². The molecule has 0 aromatic heterocycles. The van der Waals surface area contributed by atoms with Crippen molar-refractivity contribution in [3.63, 3.8) is 0 Å². The summed E-state index contributed by atoms with van der Waals surface area (Å²) in [6.45, 7) is 2.30. The maximum atomic E-state index is 12.2. The van der Waals surface area contributed by atoms with Crippen LogP contribution in [0.4, 0.5) is 4.39 Å². The molecule has 0 radical (unpaired) electrons. The highest BCUT2D eigenvalue weighted by Crippen LogP contribution is 2.10. The molecule has 1 amide bonds. The van der Waals surface area contributed by atoms with Gasteiger partial charge < -0.3 is 4.90 Å². The summed E-state index contributed by atoms with van der Waals surface area (Å²) in [6.07, 6.45) is 2.31. The van der Waals surface area contributed by atoms with Gasteiger partial charge in [0.25, 0.3) is 0 Å². The van der Waals surface area contributed by atoms with Gasteiger partial charge in [-0.2, -0.15) is 0 Å². The summed E-state index contributed by atoms with van der Waals surface area (Å²) in [5.74, 6) is -0.0867. The quantitative estimate of drug-likeness (QED) is 0.496. The van der Waals surface area contributed by atoms with E-state index in [4.69, 9.17) is 0 Å². The van der Waals surface area contributed by atoms with Crippen molar-refractivity contribution in [3.05, 3.63) is 12.2 Å². The lowest BCUT2D eigenvalue weighted by molar-refractivity contribution is -0.132. The number of allylic oxidation sites excluding steroid dienone is 1. The third-order valence-electron chi connectivity index (χ3n) is 1.46. The van der Waals surface area contributed by atoms with E-state index in [2.05, 4.69) is 0 Å². The zero-order valence-corrected chi connectivity index (χ0v) is 5.88. The van der Waals surface area contributed by atoms with Gasteiger partial charge in [0, 0.05) is 0 Å². The molecule has 56 valence electrons. The molecule has 1 fully saturated rings. The maximum Gasteiger partial charge on any atom is 0.246 e. The van der Waals surface area contributed by atoms with Crippen LogP contribution in [0.1, 0.15) is 6.92 Å². The zero-order valence-electron chi connectivity index (χ0n) is 5.88. The Labute approximate surface area is 59.3 Å². The minimum absolute atomic E-state index is 0.0867. The Morgan fingerprint density at radius 1 is 1.70 bits per heavy atom. The fourth-order valence-corrected chi connectivity index (χ4v) is 0.853. The number of carbonyl (C=O) groups excluding carboxylic acids is 1. The van der Waals surface area contributed by atoms with Gasteiger partial charge in [-0.1, -0.05) is 6.08 Å². The minimum Gasteiger partial charge on any atom is -0.333 e. The molecule has 10 heavy (non-hydrogen) atoms. The number of rotatable bonds is 1. The van der Waals surface area contributed by atoms with Gasteiger partial charge in [-0.25, -0.2) is 4.39 Å². The molecule has 3 heteroatoms. The van der Waals surface area contributed by atoms with E-state index in [0.29, 0.717) is 0 Å². The van der Waals surface area contributed by atoms with Crippen LogP contribution in [-0.2, 0) is 4.79 Å². The van der Waals surface area contributed by atoms with Gasteiger partial charge >= 0.3 is 0 Å². The zero-order chi connectivity index (χ0) is 7.56. The van der Waals surface area contributed by atoms with E-state index in [1.165, 1.54) is 11.0 Å². The normalized spacial score (nSPS) is 19.6. The van der Waals surface area contributed by atoms with Crippen LogP contribution in [0, 0.1) is 0 Å². The third-order valence-corrected chi connectivity index (χ3v) is 1.46. The Balaban J connectivity index is 2.31. The topological polar surface area (TPSA) is 20.3 Å². The average Bonchev–Trinajstić information content (AvgIpc) is 1.82. The molecule has 0 unspecified atom stereocenters. The van der Waals surface area contributed by atoms with Crippen LogP contribution in [0.25, 0.3) is 0 Å². The molecule has 0 aliphatic carbocycles. The Bertz CT molecular complexity index is 161. The van der Waals surface area contributed by atoms with E-state index in [-0.39, 0.29) is 19.0 Å². The Morgan fingerprint density at radius 3 is 2.70 bits per heavy atom. The summed E-state index contributed by atoms with van der Waals surface area (Å²) < 4.78 is 12.2. The highest BCUT2D eigenvalue weighted by molar-refractivity contribution is 5.88. The maximum absolute atomic E-state index is 12.2. The lowest BCUT2D eigenvalue weighted by atomic mass is 10.2. The number of carbonyl (C=O) groups is 1. The van der Waals surface area contributed by atoms with Crippen LogP contribution in [0.2, 0.25) is 0 Å². The Hall–Kier alpha value is -0.860. The molecule has 0 aromatic rings. The predicted octanol–water partition coefficient (Wildman–Crippen LogP) is 0.743. The molecule has 1 aliphatic heterocycles. The summed E-state index contributed by atoms with van der Waals surface area (Å²) in [6, 6.07) is 0. The van der Waals surface area contributed by atoms with Crippen molar-refractivity contribution >= 4 is 5.91 Å². The lowest BCUT2D eigenvalue weighted by Gasteiger charge is -2.33. The Morgan fingerprint density at radius 2 is 2.30 bits per heavy atom. The Kier molecular flexibility index (Phi) is 2.04. The third kappa shape index (κ3) is 1.35. The van der Waals surface area contributed by atoms with E-state index in [0.717, 1.165) is 0 Å². The van der Waals surface area contributed by atoms with Gasteiger partial charge in [-0.3, -0.25) is 4.79 Å². The van der Waals surface area contributed by atoms with E-state index >= 15 is 0 Å². The predicted molar refractivity (Wildman–Crippen MR) is 36.3 cm³/mol. The number of hydrogen-bond donors (Lipinski definition) is 0. The second-order valence-corrected chi connectivity index (χ2v) is 2.34. The highest BCUT2D eigenvalue weighted by Gasteiger charge is 2.28. The second-order valence-electron chi connectivity index (χ2n) is 2.34. The van der Waals surface area contributed by atoms with Gasteiger partial charge in [0.2, 0.25) is 5.91 Å². The van der Waals surface area contributed by atoms with Crippen molar-refractivity contribution in [2.75, 3.05) is 13.1 Å². The molecule has 0 spiro atoms. The van der Waals surface area contributed by atoms with E-state index < -0.39 is 6.17 Å². The molecule has 0 atom stereocenters. The van der Waals surface area contributed by atoms with Gasteiger partial charge in [0.05, 0.1) is 13.1 Å². The van der Waals surface area contributed by atoms with Gasteiger partial charge in [0.15, 0.2) is 0 Å². The molecule has 0 aromatic carbocycles. The van der Waals surface area contributed by atoms with Crippen molar-refractivity contribution in [1.82, 2.24) is 4.90 Å². The van der Waals surface area contributed by atoms with Crippen molar-refractivity contribution in [2.24, 2.45) is 0 Å². The van der Waals surface area contributed by atoms with Crippen LogP contribution in [0.3, 0.4) is 0 Å². The monoisotopic (exact) mass is 143 g/mol. The van der Waals surface area contributed by atoms with Crippen molar-refractivity contribution in [2.45, 2.75) is 13.1 Å². The van der Waals surface area contributed by atoms with Crippen LogP contribution >= 0.6 is 0 Å². The molecular weight excluding hydrogens is 133 g/mol. The van der Waals surface area contributed by atoms with Gasteiger partial charge in [0.1, 0.15) is 6.17 Å². The first-order chi connectivity index (χ1) is 4.74. The summed E-state index contributed by atoms with van der Waals surface area (Å²) >= 11 is 0. The van der Waals surface area contributed by atoms with E-state index in [1.54, 1.807) is 13.0 Å². The van der Waals surface area contributed by atoms with Gasteiger partial charge in [-0.05, 0) is 13.0 Å². The summed E-state index contributed by atoms with van der Waals surface area (Å²) in [5.41, 5.74) is 0.